The highest BCUT2D eigenvalue weighted by Crippen LogP contribution is 2.33. The molecular formula is C15H23O. The van der Waals surface area contributed by atoms with Gasteiger partial charge in [0.15, 0.2) is 0 Å². The predicted molar refractivity (Wildman–Crippen MR) is 68.8 cm³/mol. The summed E-state index contributed by atoms with van der Waals surface area (Å²) in [6, 6.07) is 10.5. The molecule has 0 aliphatic rings. The van der Waals surface area contributed by atoms with Gasteiger partial charge in [-0.05, 0) is 23.8 Å². The van der Waals surface area contributed by atoms with Crippen molar-refractivity contribution in [2.24, 2.45) is 0 Å². The van der Waals surface area contributed by atoms with E-state index in [1.165, 1.54) is 31.4 Å². The smallest absolute Gasteiger partial charge is 0.0807 e. The second-order valence-corrected chi connectivity index (χ2v) is 4.77. The van der Waals surface area contributed by atoms with Crippen LogP contribution in [0.3, 0.4) is 0 Å². The summed E-state index contributed by atoms with van der Waals surface area (Å²) in [6.45, 7) is 5.77. The zero-order valence-electron chi connectivity index (χ0n) is 10.4. The van der Waals surface area contributed by atoms with Crippen LogP contribution in [-0.4, -0.2) is 5.11 Å². The number of aliphatic hydroxyl groups is 1. The third-order valence-corrected chi connectivity index (χ3v) is 3.34. The van der Waals surface area contributed by atoms with Gasteiger partial charge in [0, 0.05) is 0 Å². The van der Waals surface area contributed by atoms with Crippen LogP contribution < -0.4 is 0 Å². The van der Waals surface area contributed by atoms with E-state index >= 15 is 0 Å². The fraction of sp³-hybridized carbons (Fsp3) is 0.533. The molecule has 1 atom stereocenters. The van der Waals surface area contributed by atoms with E-state index < -0.39 is 0 Å². The van der Waals surface area contributed by atoms with Crippen molar-refractivity contribution in [3.05, 3.63) is 42.5 Å². The second kappa shape index (κ2) is 6.70. The van der Waals surface area contributed by atoms with Gasteiger partial charge in [-0.3, -0.25) is 0 Å². The average Bonchev–Trinajstić information content (AvgIpc) is 2.31. The van der Waals surface area contributed by atoms with Crippen LogP contribution in [0.1, 0.15) is 51.5 Å². The maximum absolute atomic E-state index is 9.09. The largest absolute Gasteiger partial charge is 0.390 e. The number of unbranched alkanes of at least 4 members (excludes halogenated alkanes) is 2. The topological polar surface area (TPSA) is 20.2 Å². The highest BCUT2D eigenvalue weighted by atomic mass is 16.3. The first kappa shape index (κ1) is 13.2. The number of hydrogen-bond acceptors (Lipinski definition) is 1. The van der Waals surface area contributed by atoms with E-state index in [-0.39, 0.29) is 5.41 Å². The van der Waals surface area contributed by atoms with Crippen LogP contribution in [0, 0.1) is 6.61 Å². The van der Waals surface area contributed by atoms with Gasteiger partial charge in [-0.1, -0.05) is 63.4 Å². The second-order valence-electron chi connectivity index (χ2n) is 4.77. The van der Waals surface area contributed by atoms with Gasteiger partial charge in [0.05, 0.1) is 6.61 Å². The summed E-state index contributed by atoms with van der Waals surface area (Å²) >= 11 is 0. The van der Waals surface area contributed by atoms with Gasteiger partial charge in [-0.15, -0.1) is 0 Å². The molecular weight excluding hydrogens is 196 g/mol. The van der Waals surface area contributed by atoms with Crippen molar-refractivity contribution < 1.29 is 5.11 Å². The number of hydrogen-bond donors (Lipinski definition) is 1. The van der Waals surface area contributed by atoms with Crippen molar-refractivity contribution in [3.63, 3.8) is 0 Å². The molecule has 16 heavy (non-hydrogen) atoms. The van der Waals surface area contributed by atoms with Crippen molar-refractivity contribution in [2.45, 2.75) is 51.4 Å². The number of benzene rings is 1. The molecule has 0 spiro atoms. The van der Waals surface area contributed by atoms with Crippen LogP contribution in [0.25, 0.3) is 0 Å². The lowest BCUT2D eigenvalue weighted by Gasteiger charge is -2.29. The molecule has 1 nitrogen and oxygen atoms in total. The molecule has 0 heterocycles. The van der Waals surface area contributed by atoms with Gasteiger partial charge in [0.25, 0.3) is 0 Å². The lowest BCUT2D eigenvalue weighted by Crippen LogP contribution is -2.22. The Balaban J connectivity index is 2.71. The fourth-order valence-corrected chi connectivity index (χ4v) is 2.17. The summed E-state index contributed by atoms with van der Waals surface area (Å²) in [4.78, 5) is 0. The minimum atomic E-state index is 0.0885. The first-order valence-electron chi connectivity index (χ1n) is 6.24. The molecule has 1 aromatic rings. The quantitative estimate of drug-likeness (QED) is 0.672. The summed E-state index contributed by atoms with van der Waals surface area (Å²) in [5, 5.41) is 9.09. The standard InChI is InChI=1S/C15H23O/c1-3-4-8-11-15(2,12-13-16)14-9-6-5-7-10-14/h5-7,9-10,13,16H,3-4,8,11-12H2,1-2H3. The fourth-order valence-electron chi connectivity index (χ4n) is 2.17. The molecule has 1 radical (unpaired) electrons. The maximum atomic E-state index is 9.09. The van der Waals surface area contributed by atoms with Crippen LogP contribution in [0.2, 0.25) is 0 Å². The van der Waals surface area contributed by atoms with Crippen molar-refractivity contribution in [1.82, 2.24) is 0 Å². The Morgan fingerprint density at radius 3 is 2.44 bits per heavy atom. The Labute approximate surface area is 99.5 Å². The van der Waals surface area contributed by atoms with Crippen LogP contribution >= 0.6 is 0 Å². The Morgan fingerprint density at radius 1 is 1.19 bits per heavy atom. The zero-order chi connectivity index (χ0) is 11.9. The Morgan fingerprint density at radius 2 is 1.88 bits per heavy atom. The molecule has 1 rings (SSSR count). The highest BCUT2D eigenvalue weighted by Gasteiger charge is 2.25. The minimum absolute atomic E-state index is 0.0885. The summed E-state index contributed by atoms with van der Waals surface area (Å²) in [5.74, 6) is 0. The molecule has 0 aromatic heterocycles. The third kappa shape index (κ3) is 3.64. The van der Waals surface area contributed by atoms with Gasteiger partial charge in [0.2, 0.25) is 0 Å². The Bertz CT molecular complexity index is 281. The molecule has 1 N–H and O–H groups in total. The lowest BCUT2D eigenvalue weighted by molar-refractivity contribution is 0.303. The molecule has 0 amide bonds. The van der Waals surface area contributed by atoms with Crippen LogP contribution in [0.15, 0.2) is 30.3 Å². The van der Waals surface area contributed by atoms with Gasteiger partial charge < -0.3 is 5.11 Å². The van der Waals surface area contributed by atoms with E-state index in [0.717, 1.165) is 12.8 Å². The van der Waals surface area contributed by atoms with Crippen molar-refractivity contribution in [1.29, 1.82) is 0 Å². The summed E-state index contributed by atoms with van der Waals surface area (Å²) in [5.41, 5.74) is 1.42. The number of aliphatic hydroxyl groups excluding tert-OH is 1. The Kier molecular flexibility index (Phi) is 5.54. The minimum Gasteiger partial charge on any atom is -0.390 e. The third-order valence-electron chi connectivity index (χ3n) is 3.34. The molecule has 0 fully saturated rings. The van der Waals surface area contributed by atoms with Crippen molar-refractivity contribution in [3.8, 4) is 0 Å². The monoisotopic (exact) mass is 219 g/mol. The molecule has 0 saturated heterocycles. The van der Waals surface area contributed by atoms with Crippen molar-refractivity contribution in [2.75, 3.05) is 0 Å². The van der Waals surface area contributed by atoms with Crippen LogP contribution in [0.5, 0.6) is 0 Å². The Hall–Kier alpha value is -0.820. The lowest BCUT2D eigenvalue weighted by atomic mass is 9.76. The molecule has 89 valence electrons. The van der Waals surface area contributed by atoms with Crippen LogP contribution in [-0.2, 0) is 5.41 Å². The summed E-state index contributed by atoms with van der Waals surface area (Å²) < 4.78 is 0. The van der Waals surface area contributed by atoms with Crippen molar-refractivity contribution >= 4 is 0 Å². The van der Waals surface area contributed by atoms with E-state index in [2.05, 4.69) is 38.1 Å². The predicted octanol–water partition coefficient (Wildman–Crippen LogP) is 4.45. The molecule has 0 aliphatic heterocycles. The molecule has 0 bridgehead atoms. The molecule has 0 aliphatic carbocycles. The SMILES string of the molecule is CCCCCC(C)(C[CH]O)c1ccccc1. The average molecular weight is 219 g/mol. The first-order valence-corrected chi connectivity index (χ1v) is 6.24. The van der Waals surface area contributed by atoms with Gasteiger partial charge in [0.1, 0.15) is 0 Å². The summed E-state index contributed by atoms with van der Waals surface area (Å²) in [7, 11) is 0. The number of rotatable bonds is 7. The van der Waals surface area contributed by atoms with E-state index in [1.54, 1.807) is 0 Å². The van der Waals surface area contributed by atoms with E-state index in [0.29, 0.717) is 0 Å². The molecule has 1 heteroatoms. The van der Waals surface area contributed by atoms with E-state index in [4.69, 9.17) is 5.11 Å². The van der Waals surface area contributed by atoms with Gasteiger partial charge in [-0.25, -0.2) is 0 Å². The molecule has 0 saturated carbocycles. The first-order chi connectivity index (χ1) is 7.73. The van der Waals surface area contributed by atoms with Gasteiger partial charge >= 0.3 is 0 Å². The van der Waals surface area contributed by atoms with Crippen LogP contribution in [0.4, 0.5) is 0 Å². The summed E-state index contributed by atoms with van der Waals surface area (Å²) in [6.07, 6.45) is 5.62. The maximum Gasteiger partial charge on any atom is 0.0807 e. The molecule has 1 unspecified atom stereocenters. The zero-order valence-corrected chi connectivity index (χ0v) is 10.4. The van der Waals surface area contributed by atoms with E-state index in [9.17, 15) is 0 Å². The van der Waals surface area contributed by atoms with E-state index in [1.807, 2.05) is 6.07 Å². The highest BCUT2D eigenvalue weighted by molar-refractivity contribution is 5.24. The molecule has 1 aromatic carbocycles. The van der Waals surface area contributed by atoms with Gasteiger partial charge in [-0.2, -0.15) is 0 Å². The normalized spacial score (nSPS) is 14.7.